The third kappa shape index (κ3) is 4.95. The van der Waals surface area contributed by atoms with Crippen LogP contribution in [0.4, 0.5) is 0 Å². The summed E-state index contributed by atoms with van der Waals surface area (Å²) >= 11 is 1.55. The number of hydrogen-bond donors (Lipinski definition) is 1. The van der Waals surface area contributed by atoms with E-state index in [2.05, 4.69) is 5.32 Å². The van der Waals surface area contributed by atoms with Crippen LogP contribution in [-0.2, 0) is 19.1 Å². The minimum Gasteiger partial charge on any atom is -0.496 e. The lowest BCUT2D eigenvalue weighted by atomic mass is 9.73. The molecule has 2 aliphatic rings. The summed E-state index contributed by atoms with van der Waals surface area (Å²) in [5, 5.41) is 5.36. The predicted molar refractivity (Wildman–Crippen MR) is 132 cm³/mol. The van der Waals surface area contributed by atoms with Crippen molar-refractivity contribution in [1.82, 2.24) is 5.32 Å². The number of carbonyl (C=O) groups excluding carboxylic acids is 2. The van der Waals surface area contributed by atoms with Crippen LogP contribution in [0.3, 0.4) is 0 Å². The fraction of sp³-hybridized carbons (Fsp3) is 0.407. The Hall–Kier alpha value is -2.90. The molecule has 0 unspecified atom stereocenters. The van der Waals surface area contributed by atoms with Crippen molar-refractivity contribution < 1.29 is 23.8 Å². The molecule has 2 aromatic rings. The SMILES string of the molecule is COc1ccccc1[C@H]1CC(=O)C2=C(C1)NC(C)=C(C(=O)OCCOC(C)C)[C@@H]2c1cccs1. The van der Waals surface area contributed by atoms with Gasteiger partial charge in [-0.05, 0) is 50.3 Å². The molecule has 0 spiro atoms. The molecule has 1 aliphatic carbocycles. The van der Waals surface area contributed by atoms with E-state index in [1.807, 2.05) is 62.5 Å². The molecule has 1 N–H and O–H groups in total. The van der Waals surface area contributed by atoms with E-state index in [0.29, 0.717) is 30.6 Å². The van der Waals surface area contributed by atoms with Crippen molar-refractivity contribution in [3.8, 4) is 5.75 Å². The molecule has 0 saturated heterocycles. The Morgan fingerprint density at radius 1 is 1.15 bits per heavy atom. The first-order valence-corrected chi connectivity index (χ1v) is 12.5. The molecule has 4 rings (SSSR count). The monoisotopic (exact) mass is 481 g/mol. The van der Waals surface area contributed by atoms with E-state index < -0.39 is 11.9 Å². The van der Waals surface area contributed by atoms with Crippen molar-refractivity contribution in [3.63, 3.8) is 0 Å². The third-order valence-corrected chi connectivity index (χ3v) is 7.16. The van der Waals surface area contributed by atoms with E-state index in [-0.39, 0.29) is 24.4 Å². The minimum atomic E-state index is -0.430. The Kier molecular flexibility index (Phi) is 7.54. The van der Waals surface area contributed by atoms with Crippen LogP contribution in [0.2, 0.25) is 0 Å². The number of ether oxygens (including phenoxy) is 3. The van der Waals surface area contributed by atoms with Crippen molar-refractivity contribution in [2.75, 3.05) is 20.3 Å². The van der Waals surface area contributed by atoms with Crippen LogP contribution in [0.15, 0.2) is 64.3 Å². The van der Waals surface area contributed by atoms with Crippen LogP contribution in [0.5, 0.6) is 5.75 Å². The highest BCUT2D eigenvalue weighted by molar-refractivity contribution is 7.10. The van der Waals surface area contributed by atoms with Gasteiger partial charge in [-0.25, -0.2) is 4.79 Å². The highest BCUT2D eigenvalue weighted by Crippen LogP contribution is 2.47. The molecule has 1 aliphatic heterocycles. The molecule has 1 aromatic heterocycles. The molecule has 0 amide bonds. The van der Waals surface area contributed by atoms with Crippen LogP contribution >= 0.6 is 11.3 Å². The Labute approximate surface area is 204 Å². The maximum atomic E-state index is 13.6. The van der Waals surface area contributed by atoms with Gasteiger partial charge in [-0.3, -0.25) is 4.79 Å². The molecule has 34 heavy (non-hydrogen) atoms. The second-order valence-corrected chi connectivity index (χ2v) is 9.81. The minimum absolute atomic E-state index is 0.00775. The topological polar surface area (TPSA) is 73.9 Å². The molecule has 2 atom stereocenters. The summed E-state index contributed by atoms with van der Waals surface area (Å²) in [7, 11) is 1.65. The maximum absolute atomic E-state index is 13.6. The Morgan fingerprint density at radius 2 is 1.94 bits per heavy atom. The van der Waals surface area contributed by atoms with Gasteiger partial charge in [0.05, 0.1) is 31.3 Å². The standard InChI is InChI=1S/C27H31NO5S/c1-16(2)32-11-12-33-27(30)24-17(3)28-20-14-18(19-8-5-6-9-22(19)31-4)15-21(29)25(20)26(24)23-10-7-13-34-23/h5-10,13,16,18,26,28H,11-12,14-15H2,1-4H3/t18-,26+/m1/s1. The fourth-order valence-corrected chi connectivity index (χ4v) is 5.61. The molecule has 2 heterocycles. The molecule has 0 fully saturated rings. The molecule has 6 nitrogen and oxygen atoms in total. The zero-order valence-electron chi connectivity index (χ0n) is 20.1. The summed E-state index contributed by atoms with van der Waals surface area (Å²) in [4.78, 5) is 27.7. The summed E-state index contributed by atoms with van der Waals surface area (Å²) in [5.41, 5.74) is 3.79. The average molecular weight is 482 g/mol. The van der Waals surface area contributed by atoms with Gasteiger partial charge < -0.3 is 19.5 Å². The van der Waals surface area contributed by atoms with Gasteiger partial charge in [0.2, 0.25) is 0 Å². The lowest BCUT2D eigenvalue weighted by Gasteiger charge is -2.36. The largest absolute Gasteiger partial charge is 0.496 e. The maximum Gasteiger partial charge on any atom is 0.336 e. The lowest BCUT2D eigenvalue weighted by Crippen LogP contribution is -2.36. The molecule has 0 radical (unpaired) electrons. The molecule has 0 bridgehead atoms. The zero-order chi connectivity index (χ0) is 24.2. The number of rotatable bonds is 8. The van der Waals surface area contributed by atoms with E-state index >= 15 is 0 Å². The van der Waals surface area contributed by atoms with E-state index in [1.165, 1.54) is 0 Å². The average Bonchev–Trinajstić information content (AvgIpc) is 3.35. The number of para-hydroxylation sites is 1. The van der Waals surface area contributed by atoms with Gasteiger partial charge in [0, 0.05) is 34.2 Å². The number of ketones is 1. The number of allylic oxidation sites excluding steroid dienone is 3. The summed E-state index contributed by atoms with van der Waals surface area (Å²) < 4.78 is 16.6. The summed E-state index contributed by atoms with van der Waals surface area (Å²) in [5.74, 6) is -0.00433. The van der Waals surface area contributed by atoms with Crippen LogP contribution < -0.4 is 10.1 Å². The van der Waals surface area contributed by atoms with Gasteiger partial charge in [0.25, 0.3) is 0 Å². The number of dihydropyridines is 1. The number of carbonyl (C=O) groups is 2. The Morgan fingerprint density at radius 3 is 2.65 bits per heavy atom. The van der Waals surface area contributed by atoms with Crippen molar-refractivity contribution in [3.05, 3.63) is 74.8 Å². The zero-order valence-corrected chi connectivity index (χ0v) is 20.9. The quantitative estimate of drug-likeness (QED) is 0.418. The lowest BCUT2D eigenvalue weighted by molar-refractivity contribution is -0.141. The van der Waals surface area contributed by atoms with Crippen molar-refractivity contribution >= 4 is 23.1 Å². The third-order valence-electron chi connectivity index (χ3n) is 6.22. The summed E-state index contributed by atoms with van der Waals surface area (Å²) in [6.07, 6.45) is 1.11. The van der Waals surface area contributed by atoms with Gasteiger partial charge in [0.15, 0.2) is 5.78 Å². The van der Waals surface area contributed by atoms with E-state index in [1.54, 1.807) is 18.4 Å². The number of nitrogens with one attached hydrogen (secondary N) is 1. The first-order chi connectivity index (χ1) is 16.4. The van der Waals surface area contributed by atoms with Gasteiger partial charge in [-0.1, -0.05) is 24.3 Å². The molecular weight excluding hydrogens is 450 g/mol. The number of hydrogen-bond acceptors (Lipinski definition) is 7. The number of methoxy groups -OCH3 is 1. The van der Waals surface area contributed by atoms with Crippen molar-refractivity contribution in [1.29, 1.82) is 0 Å². The van der Waals surface area contributed by atoms with Crippen LogP contribution in [-0.4, -0.2) is 38.2 Å². The normalized spacial score (nSPS) is 20.3. The van der Waals surface area contributed by atoms with Crippen molar-refractivity contribution in [2.45, 2.75) is 51.6 Å². The number of Topliss-reactive ketones (excluding diaryl/α,β-unsaturated/α-hetero) is 1. The van der Waals surface area contributed by atoms with Gasteiger partial charge in [-0.2, -0.15) is 0 Å². The molecule has 180 valence electrons. The smallest absolute Gasteiger partial charge is 0.336 e. The van der Waals surface area contributed by atoms with Crippen LogP contribution in [0, 0.1) is 0 Å². The van der Waals surface area contributed by atoms with Crippen LogP contribution in [0.1, 0.15) is 55.9 Å². The van der Waals surface area contributed by atoms with E-state index in [4.69, 9.17) is 14.2 Å². The second kappa shape index (κ2) is 10.6. The number of benzene rings is 1. The molecule has 7 heteroatoms. The van der Waals surface area contributed by atoms with Crippen molar-refractivity contribution in [2.24, 2.45) is 0 Å². The molecule has 1 aromatic carbocycles. The highest BCUT2D eigenvalue weighted by atomic mass is 32.1. The Bertz CT molecular complexity index is 1120. The van der Waals surface area contributed by atoms with Gasteiger partial charge in [-0.15, -0.1) is 11.3 Å². The van der Waals surface area contributed by atoms with Gasteiger partial charge >= 0.3 is 5.97 Å². The summed E-state index contributed by atoms with van der Waals surface area (Å²) in [6, 6.07) is 11.8. The highest BCUT2D eigenvalue weighted by Gasteiger charge is 2.42. The molecule has 0 saturated carbocycles. The first-order valence-electron chi connectivity index (χ1n) is 11.6. The first kappa shape index (κ1) is 24.2. The Balaban J connectivity index is 1.65. The summed E-state index contributed by atoms with van der Waals surface area (Å²) in [6.45, 7) is 6.25. The van der Waals surface area contributed by atoms with E-state index in [0.717, 1.165) is 27.6 Å². The number of esters is 1. The second-order valence-electron chi connectivity index (χ2n) is 8.83. The van der Waals surface area contributed by atoms with Gasteiger partial charge in [0.1, 0.15) is 12.4 Å². The van der Waals surface area contributed by atoms with Crippen LogP contribution in [0.25, 0.3) is 0 Å². The number of thiophene rings is 1. The predicted octanol–water partition coefficient (Wildman–Crippen LogP) is 5.09. The van der Waals surface area contributed by atoms with E-state index in [9.17, 15) is 9.59 Å². The fourth-order valence-electron chi connectivity index (χ4n) is 4.77. The molecular formula is C27H31NO5S.